The Morgan fingerprint density at radius 2 is 1.00 bits per heavy atom. The van der Waals surface area contributed by atoms with Crippen LogP contribution >= 0.6 is 0 Å². The predicted octanol–water partition coefficient (Wildman–Crippen LogP) is 2.76. The molecule has 0 rings (SSSR count). The predicted molar refractivity (Wildman–Crippen MR) is 116 cm³/mol. The molecule has 0 N–H and O–H groups in total. The van der Waals surface area contributed by atoms with E-state index < -0.39 is 46.0 Å². The van der Waals surface area contributed by atoms with Crippen molar-refractivity contribution in [3.63, 3.8) is 0 Å². The Morgan fingerprint density at radius 1 is 0.676 bits per heavy atom. The first-order chi connectivity index (χ1) is 15.1. The van der Waals surface area contributed by atoms with Crippen LogP contribution in [0.3, 0.4) is 0 Å². The van der Waals surface area contributed by atoms with E-state index in [0.717, 1.165) is 24.7 Å². The van der Waals surface area contributed by atoms with Crippen LogP contribution in [0.15, 0.2) is 0 Å². The average Bonchev–Trinajstić information content (AvgIpc) is 2.74. The summed E-state index contributed by atoms with van der Waals surface area (Å²) in [6.07, 6.45) is 0. The minimum atomic E-state index is -6.89. The molecule has 0 heterocycles. The summed E-state index contributed by atoms with van der Waals surface area (Å²) in [5.74, 6) is 0. The van der Waals surface area contributed by atoms with Gasteiger partial charge in [0.1, 0.15) is 13.1 Å². The number of methoxy groups -OCH3 is 2. The van der Waals surface area contributed by atoms with E-state index in [1.807, 2.05) is 0 Å². The number of nitrogens with zero attached hydrogens (tertiary/aromatic N) is 2. The minimum Gasteiger partial charge on any atom is -0.379 e. The molecule has 0 saturated heterocycles. The highest BCUT2D eigenvalue weighted by molar-refractivity contribution is 8.10. The summed E-state index contributed by atoms with van der Waals surface area (Å²) in [6, 6.07) is 0. The molecule has 0 aliphatic carbocycles. The Hall–Kier alpha value is -0.680. The van der Waals surface area contributed by atoms with Gasteiger partial charge in [-0.3, -0.25) is 0 Å². The van der Waals surface area contributed by atoms with Crippen LogP contribution in [0.2, 0.25) is 0 Å². The molecule has 0 atom stereocenters. The third-order valence-electron chi connectivity index (χ3n) is 6.20. The molecule has 0 aromatic heterocycles. The number of hydrogen-bond donors (Lipinski definition) is 0. The van der Waals surface area contributed by atoms with Crippen LogP contribution in [-0.4, -0.2) is 115 Å². The van der Waals surface area contributed by atoms with Crippen molar-refractivity contribution in [3.8, 4) is 0 Å². The van der Waals surface area contributed by atoms with Gasteiger partial charge in [-0.15, -0.1) is 0 Å². The molecule has 208 valence electrons. The highest BCUT2D eigenvalue weighted by atomic mass is 32.3. The molecular formula is C18H38F6N2O6S2+2. The first-order valence-electron chi connectivity index (χ1n) is 10.4. The number of quaternary nitrogens is 2. The SMILES string of the molecule is CC[N+](C)(CC)CC(OC)(S(=O)(=O)C(F)(F)F)S(=O)(=O)C(F)(F)F.CC[N+](C)(CC)CCOC. The molecule has 0 unspecified atom stereocenters. The molecule has 34 heavy (non-hydrogen) atoms. The third-order valence-corrected chi connectivity index (χ3v) is 11.0. The third kappa shape index (κ3) is 7.66. The van der Waals surface area contributed by atoms with Crippen LogP contribution in [0.5, 0.6) is 0 Å². The Morgan fingerprint density at radius 3 is 1.21 bits per heavy atom. The molecule has 0 radical (unpaired) electrons. The lowest BCUT2D eigenvalue weighted by atomic mass is 10.4. The minimum absolute atomic E-state index is 0.137. The molecule has 0 aliphatic heterocycles. The summed E-state index contributed by atoms with van der Waals surface area (Å²) in [5.41, 5.74) is -12.5. The highest BCUT2D eigenvalue weighted by Gasteiger charge is 2.76. The molecule has 0 spiro atoms. The van der Waals surface area contributed by atoms with E-state index in [4.69, 9.17) is 4.74 Å². The van der Waals surface area contributed by atoms with Crippen molar-refractivity contribution in [2.75, 3.05) is 74.2 Å². The summed E-state index contributed by atoms with van der Waals surface area (Å²) < 4.78 is 129. The number of sulfone groups is 2. The van der Waals surface area contributed by atoms with Gasteiger partial charge in [0, 0.05) is 14.2 Å². The zero-order chi connectivity index (χ0) is 27.9. The van der Waals surface area contributed by atoms with E-state index >= 15 is 0 Å². The van der Waals surface area contributed by atoms with Gasteiger partial charge < -0.3 is 18.4 Å². The second kappa shape index (κ2) is 12.5. The van der Waals surface area contributed by atoms with Gasteiger partial charge >= 0.3 is 15.3 Å². The van der Waals surface area contributed by atoms with Gasteiger partial charge in [0.15, 0.2) is 0 Å². The molecule has 0 fully saturated rings. The molecule has 0 aromatic carbocycles. The smallest absolute Gasteiger partial charge is 0.379 e. The first-order valence-corrected chi connectivity index (χ1v) is 13.4. The van der Waals surface area contributed by atoms with E-state index in [1.165, 1.54) is 26.9 Å². The standard InChI is InChI=1S/C10H18F6NO5S2.C8H20NO/c1-5-17(3,6-2)7-8(22-4,23(18,19)9(11,12)13)24(20,21)10(14,15)16;1-5-9(3,6-2)7-8-10-4/h5-7H2,1-4H3;5-8H2,1-4H3/q2*+1. The van der Waals surface area contributed by atoms with E-state index in [0.29, 0.717) is 0 Å². The molecule has 0 bridgehead atoms. The van der Waals surface area contributed by atoms with Gasteiger partial charge in [-0.25, -0.2) is 16.8 Å². The number of rotatable bonds is 12. The zero-order valence-corrected chi connectivity index (χ0v) is 22.5. The van der Waals surface area contributed by atoms with Crippen LogP contribution in [0.25, 0.3) is 0 Å². The van der Waals surface area contributed by atoms with Crippen LogP contribution < -0.4 is 0 Å². The first kappa shape index (κ1) is 35.5. The normalized spacial score (nSPS) is 14.5. The van der Waals surface area contributed by atoms with Crippen molar-refractivity contribution in [1.29, 1.82) is 0 Å². The van der Waals surface area contributed by atoms with E-state index in [1.54, 1.807) is 7.11 Å². The van der Waals surface area contributed by atoms with Gasteiger partial charge in [0.25, 0.3) is 19.7 Å². The highest BCUT2D eigenvalue weighted by Crippen LogP contribution is 2.45. The van der Waals surface area contributed by atoms with Gasteiger partial charge in [-0.05, 0) is 27.7 Å². The topological polar surface area (TPSA) is 86.7 Å². The summed E-state index contributed by atoms with van der Waals surface area (Å²) >= 11 is 0. The van der Waals surface area contributed by atoms with E-state index in [2.05, 4.69) is 25.6 Å². The molecule has 0 amide bonds. The van der Waals surface area contributed by atoms with Gasteiger partial charge in [-0.1, -0.05) is 0 Å². The fourth-order valence-corrected chi connectivity index (χ4v) is 6.55. The molecule has 16 heteroatoms. The molecule has 0 aromatic rings. The van der Waals surface area contributed by atoms with Crippen LogP contribution in [0.4, 0.5) is 26.3 Å². The molecule has 0 saturated carbocycles. The lowest BCUT2D eigenvalue weighted by Crippen LogP contribution is -2.66. The van der Waals surface area contributed by atoms with Crippen molar-refractivity contribution >= 4 is 19.7 Å². The zero-order valence-electron chi connectivity index (χ0n) is 20.9. The van der Waals surface area contributed by atoms with Crippen molar-refractivity contribution < 1.29 is 61.6 Å². The summed E-state index contributed by atoms with van der Waals surface area (Å²) in [5, 5.41) is 0. The van der Waals surface area contributed by atoms with Crippen molar-refractivity contribution in [2.45, 2.75) is 43.0 Å². The quantitative estimate of drug-likeness (QED) is 0.272. The fraction of sp³-hybridized carbons (Fsp3) is 1.00. The van der Waals surface area contributed by atoms with Crippen LogP contribution in [0, 0.1) is 0 Å². The number of alkyl halides is 6. The number of ether oxygens (including phenoxy) is 2. The summed E-state index contributed by atoms with van der Waals surface area (Å²) in [7, 11) is -8.46. The lowest BCUT2D eigenvalue weighted by molar-refractivity contribution is -0.908. The van der Waals surface area contributed by atoms with E-state index in [-0.39, 0.29) is 20.2 Å². The lowest BCUT2D eigenvalue weighted by Gasteiger charge is -2.40. The second-order valence-electron chi connectivity index (χ2n) is 8.16. The maximum atomic E-state index is 12.9. The monoisotopic (exact) mass is 556 g/mol. The maximum Gasteiger partial charge on any atom is 0.501 e. The molecule has 8 nitrogen and oxygen atoms in total. The number of hydrogen-bond acceptors (Lipinski definition) is 6. The van der Waals surface area contributed by atoms with Gasteiger partial charge in [-0.2, -0.15) is 26.3 Å². The van der Waals surface area contributed by atoms with E-state index in [9.17, 15) is 43.2 Å². The maximum absolute atomic E-state index is 12.9. The molecular weight excluding hydrogens is 518 g/mol. The van der Waals surface area contributed by atoms with Crippen molar-refractivity contribution in [3.05, 3.63) is 0 Å². The second-order valence-corrected chi connectivity index (χ2v) is 12.7. The largest absolute Gasteiger partial charge is 0.501 e. The Bertz CT molecular complexity index is 777. The number of likely N-dealkylation sites (N-methyl/N-ethyl adjacent to an activating group) is 2. The number of halogens is 6. The molecule has 0 aliphatic rings. The van der Waals surface area contributed by atoms with Crippen LogP contribution in [-0.2, 0) is 29.1 Å². The van der Waals surface area contributed by atoms with Crippen molar-refractivity contribution in [2.24, 2.45) is 0 Å². The fourth-order valence-electron chi connectivity index (χ4n) is 2.72. The van der Waals surface area contributed by atoms with Crippen molar-refractivity contribution in [1.82, 2.24) is 0 Å². The average molecular weight is 557 g/mol. The van der Waals surface area contributed by atoms with Crippen LogP contribution in [0.1, 0.15) is 27.7 Å². The Labute approximate surface area is 198 Å². The summed E-state index contributed by atoms with van der Waals surface area (Å²) in [4.78, 5) is 0. The Kier molecular flexibility index (Phi) is 13.1. The van der Waals surface area contributed by atoms with Gasteiger partial charge in [0.2, 0.25) is 0 Å². The van der Waals surface area contributed by atoms with Gasteiger partial charge in [0.05, 0.1) is 46.9 Å². The summed E-state index contributed by atoms with van der Waals surface area (Å²) in [6.45, 7) is 9.68. The Balaban J connectivity index is 0.